The molecule has 1 aliphatic rings. The number of ether oxygens (including phenoxy) is 1. The summed E-state index contributed by atoms with van der Waals surface area (Å²) in [6, 6.07) is 18.7. The fraction of sp³-hybridized carbons (Fsp3) is 0.217. The molecule has 1 atom stereocenters. The zero-order chi connectivity index (χ0) is 20.4. The monoisotopic (exact) mass is 406 g/mol. The third kappa shape index (κ3) is 3.76. The highest BCUT2D eigenvalue weighted by Gasteiger charge is 2.37. The second kappa shape index (κ2) is 8.09. The number of carbonyl (C=O) groups is 2. The van der Waals surface area contributed by atoms with Gasteiger partial charge in [-0.2, -0.15) is 0 Å². The van der Waals surface area contributed by atoms with Gasteiger partial charge < -0.3 is 14.5 Å². The number of anilines is 1. The van der Waals surface area contributed by atoms with Crippen LogP contribution in [0.25, 0.3) is 0 Å². The quantitative estimate of drug-likeness (QED) is 0.634. The Hall–Kier alpha value is -3.12. The van der Waals surface area contributed by atoms with E-state index in [2.05, 4.69) is 0 Å². The topological polar surface area (TPSA) is 49.9 Å². The Labute approximate surface area is 174 Å². The van der Waals surface area contributed by atoms with Crippen molar-refractivity contribution in [3.05, 3.63) is 82.0 Å². The lowest BCUT2D eigenvalue weighted by molar-refractivity contribution is -0.122. The van der Waals surface area contributed by atoms with Crippen molar-refractivity contribution >= 4 is 28.8 Å². The molecule has 0 bridgehead atoms. The van der Waals surface area contributed by atoms with Gasteiger partial charge in [0.25, 0.3) is 5.91 Å². The standard InChI is InChI=1S/C23H22N2O3S/c1-16-22(26)25(15-18-8-10-19(28-2)11-9-18)20-12-13-29-21(20)23(27)24(16)14-17-6-4-3-5-7-17/h3-13,16H,14-15H2,1-2H3/t16-/m0/s1. The van der Waals surface area contributed by atoms with E-state index >= 15 is 0 Å². The molecule has 0 N–H and O–H groups in total. The minimum absolute atomic E-state index is 0.0813. The van der Waals surface area contributed by atoms with Gasteiger partial charge in [-0.25, -0.2) is 0 Å². The third-order valence-corrected chi connectivity index (χ3v) is 6.07. The fourth-order valence-corrected chi connectivity index (χ4v) is 4.37. The summed E-state index contributed by atoms with van der Waals surface area (Å²) in [4.78, 5) is 30.7. The molecule has 0 aliphatic carbocycles. The van der Waals surface area contributed by atoms with Gasteiger partial charge >= 0.3 is 0 Å². The largest absolute Gasteiger partial charge is 0.497 e. The number of carbonyl (C=O) groups excluding carboxylic acids is 2. The van der Waals surface area contributed by atoms with Gasteiger partial charge in [0, 0.05) is 6.54 Å². The number of hydrogen-bond acceptors (Lipinski definition) is 4. The van der Waals surface area contributed by atoms with E-state index in [-0.39, 0.29) is 11.8 Å². The molecule has 5 nitrogen and oxygen atoms in total. The van der Waals surface area contributed by atoms with E-state index in [4.69, 9.17) is 4.74 Å². The van der Waals surface area contributed by atoms with E-state index in [0.29, 0.717) is 23.7 Å². The van der Waals surface area contributed by atoms with Crippen LogP contribution in [0.1, 0.15) is 27.7 Å². The van der Waals surface area contributed by atoms with Gasteiger partial charge in [0.15, 0.2) is 0 Å². The van der Waals surface area contributed by atoms with Crippen LogP contribution in [0.5, 0.6) is 5.75 Å². The molecule has 1 aliphatic heterocycles. The zero-order valence-electron chi connectivity index (χ0n) is 16.4. The molecule has 0 spiro atoms. The Morgan fingerprint density at radius 3 is 2.31 bits per heavy atom. The second-order valence-electron chi connectivity index (χ2n) is 7.00. The highest BCUT2D eigenvalue weighted by molar-refractivity contribution is 7.12. The summed E-state index contributed by atoms with van der Waals surface area (Å²) < 4.78 is 5.22. The zero-order valence-corrected chi connectivity index (χ0v) is 17.2. The summed E-state index contributed by atoms with van der Waals surface area (Å²) in [7, 11) is 1.62. The van der Waals surface area contributed by atoms with Gasteiger partial charge in [-0.15, -0.1) is 11.3 Å². The van der Waals surface area contributed by atoms with E-state index in [0.717, 1.165) is 16.9 Å². The van der Waals surface area contributed by atoms with Crippen LogP contribution in [-0.2, 0) is 17.9 Å². The Balaban J connectivity index is 1.67. The predicted octanol–water partition coefficient (Wildman–Crippen LogP) is 4.33. The van der Waals surface area contributed by atoms with E-state index in [1.165, 1.54) is 11.3 Å². The number of amides is 2. The van der Waals surface area contributed by atoms with Crippen LogP contribution < -0.4 is 9.64 Å². The first kappa shape index (κ1) is 19.2. The molecule has 6 heteroatoms. The normalized spacial score (nSPS) is 16.6. The van der Waals surface area contributed by atoms with Crippen LogP contribution in [0, 0.1) is 0 Å². The SMILES string of the molecule is COc1ccc(CN2C(=O)[C@H](C)N(Cc3ccccc3)C(=O)c3sccc32)cc1. The van der Waals surface area contributed by atoms with Crippen molar-refractivity contribution in [3.63, 3.8) is 0 Å². The minimum atomic E-state index is -0.555. The second-order valence-corrected chi connectivity index (χ2v) is 7.92. The maximum absolute atomic E-state index is 13.4. The van der Waals surface area contributed by atoms with Gasteiger partial charge in [0.1, 0.15) is 16.7 Å². The van der Waals surface area contributed by atoms with E-state index in [1.54, 1.807) is 23.8 Å². The lowest BCUT2D eigenvalue weighted by Gasteiger charge is -2.28. The van der Waals surface area contributed by atoms with Crippen LogP contribution >= 0.6 is 11.3 Å². The molecular weight excluding hydrogens is 384 g/mol. The maximum atomic E-state index is 13.4. The van der Waals surface area contributed by atoms with Gasteiger partial charge in [0.05, 0.1) is 19.3 Å². The molecule has 0 radical (unpaired) electrons. The van der Waals surface area contributed by atoms with Gasteiger partial charge in [0.2, 0.25) is 5.91 Å². The lowest BCUT2D eigenvalue weighted by atomic mass is 10.1. The number of rotatable bonds is 5. The van der Waals surface area contributed by atoms with Gasteiger partial charge in [-0.1, -0.05) is 42.5 Å². The van der Waals surface area contributed by atoms with Crippen molar-refractivity contribution in [2.45, 2.75) is 26.1 Å². The van der Waals surface area contributed by atoms with Gasteiger partial charge in [-0.05, 0) is 41.6 Å². The molecule has 29 heavy (non-hydrogen) atoms. The summed E-state index contributed by atoms with van der Waals surface area (Å²) in [6.07, 6.45) is 0. The molecule has 2 aromatic carbocycles. The van der Waals surface area contributed by atoms with Crippen LogP contribution in [-0.4, -0.2) is 29.9 Å². The summed E-state index contributed by atoms with van der Waals surface area (Å²) in [5.41, 5.74) is 2.66. The number of hydrogen-bond donors (Lipinski definition) is 0. The summed E-state index contributed by atoms with van der Waals surface area (Å²) in [5, 5.41) is 1.87. The van der Waals surface area contributed by atoms with Crippen molar-refractivity contribution in [3.8, 4) is 5.75 Å². The van der Waals surface area contributed by atoms with Crippen LogP contribution in [0.15, 0.2) is 66.0 Å². The van der Waals surface area contributed by atoms with Gasteiger partial charge in [-0.3, -0.25) is 9.59 Å². The van der Waals surface area contributed by atoms with E-state index in [1.807, 2.05) is 66.0 Å². The fourth-order valence-electron chi connectivity index (χ4n) is 3.52. The lowest BCUT2D eigenvalue weighted by Crippen LogP contribution is -2.46. The Morgan fingerprint density at radius 2 is 1.62 bits per heavy atom. The average Bonchev–Trinajstić information content (AvgIpc) is 3.23. The molecular formula is C23H22N2O3S. The molecule has 2 heterocycles. The Kier molecular flexibility index (Phi) is 5.36. The molecule has 0 saturated heterocycles. The predicted molar refractivity (Wildman–Crippen MR) is 114 cm³/mol. The number of thiophene rings is 1. The minimum Gasteiger partial charge on any atom is -0.497 e. The van der Waals surface area contributed by atoms with Crippen molar-refractivity contribution in [1.29, 1.82) is 0 Å². The van der Waals surface area contributed by atoms with Crippen molar-refractivity contribution < 1.29 is 14.3 Å². The van der Waals surface area contributed by atoms with Crippen molar-refractivity contribution in [1.82, 2.24) is 4.90 Å². The van der Waals surface area contributed by atoms with E-state index < -0.39 is 6.04 Å². The number of methoxy groups -OCH3 is 1. The first-order valence-corrected chi connectivity index (χ1v) is 10.3. The third-order valence-electron chi connectivity index (χ3n) is 5.18. The van der Waals surface area contributed by atoms with Crippen LogP contribution in [0.3, 0.4) is 0 Å². The molecule has 0 fully saturated rings. The Bertz CT molecular complexity index is 1010. The average molecular weight is 407 g/mol. The molecule has 3 aromatic rings. The highest BCUT2D eigenvalue weighted by atomic mass is 32.1. The van der Waals surface area contributed by atoms with Crippen molar-refractivity contribution in [2.75, 3.05) is 12.0 Å². The smallest absolute Gasteiger partial charge is 0.267 e. The van der Waals surface area contributed by atoms with E-state index in [9.17, 15) is 9.59 Å². The first-order chi connectivity index (χ1) is 14.1. The summed E-state index contributed by atoms with van der Waals surface area (Å²) in [5.74, 6) is 0.587. The molecule has 4 rings (SSSR count). The molecule has 2 amide bonds. The number of benzene rings is 2. The van der Waals surface area contributed by atoms with Crippen molar-refractivity contribution in [2.24, 2.45) is 0 Å². The van der Waals surface area contributed by atoms with Crippen LogP contribution in [0.2, 0.25) is 0 Å². The first-order valence-electron chi connectivity index (χ1n) is 9.45. The highest BCUT2D eigenvalue weighted by Crippen LogP contribution is 2.34. The maximum Gasteiger partial charge on any atom is 0.267 e. The number of fused-ring (bicyclic) bond motifs is 1. The summed E-state index contributed by atoms with van der Waals surface area (Å²) >= 11 is 1.38. The molecule has 0 unspecified atom stereocenters. The van der Waals surface area contributed by atoms with Crippen LogP contribution in [0.4, 0.5) is 5.69 Å². The molecule has 0 saturated carbocycles. The molecule has 1 aromatic heterocycles. The summed E-state index contributed by atoms with van der Waals surface area (Å²) in [6.45, 7) is 2.62. The molecule has 148 valence electrons. The Morgan fingerprint density at radius 1 is 0.931 bits per heavy atom. The number of nitrogens with zero attached hydrogens (tertiary/aromatic N) is 2.